The summed E-state index contributed by atoms with van der Waals surface area (Å²) in [7, 11) is -3.53. The fraction of sp³-hybridized carbons (Fsp3) is 0.450. The van der Waals surface area contributed by atoms with Gasteiger partial charge in [-0.2, -0.15) is 0 Å². The van der Waals surface area contributed by atoms with Crippen molar-refractivity contribution in [3.63, 3.8) is 0 Å². The second-order valence-electron chi connectivity index (χ2n) is 14.0. The van der Waals surface area contributed by atoms with Gasteiger partial charge in [-0.25, -0.2) is 18.2 Å². The van der Waals surface area contributed by atoms with Crippen LogP contribution in [0.5, 0.6) is 0 Å². The maximum atomic E-state index is 14.3. The van der Waals surface area contributed by atoms with E-state index in [2.05, 4.69) is 36.6 Å². The number of rotatable bonds is 27. The molecule has 1 heterocycles. The molecule has 1 aromatic heterocycles. The van der Waals surface area contributed by atoms with Crippen molar-refractivity contribution in [2.24, 2.45) is 11.5 Å². The lowest BCUT2D eigenvalue weighted by atomic mass is 10.0. The number of sulfone groups is 1. The monoisotopic (exact) mass is 877 g/mol. The van der Waals surface area contributed by atoms with Crippen LogP contribution in [0.3, 0.4) is 0 Å². The van der Waals surface area contributed by atoms with Crippen LogP contribution in [0, 0.1) is 0 Å². The van der Waals surface area contributed by atoms with Crippen LogP contribution in [0.25, 0.3) is 0 Å². The molecule has 3 rings (SSSR count). The number of amides is 5. The first-order valence-electron chi connectivity index (χ1n) is 21.1. The number of carboxylic acids is 2. The fourth-order valence-corrected chi connectivity index (χ4v) is 6.45. The van der Waals surface area contributed by atoms with Gasteiger partial charge in [-0.1, -0.05) is 60.7 Å². The van der Waals surface area contributed by atoms with Crippen molar-refractivity contribution in [2.45, 2.75) is 93.9 Å². The van der Waals surface area contributed by atoms with Crippen molar-refractivity contribution < 1.29 is 57.7 Å². The van der Waals surface area contributed by atoms with Crippen LogP contribution in [0.4, 0.5) is 0 Å². The van der Waals surface area contributed by atoms with E-state index in [9.17, 15) is 52.2 Å². The van der Waals surface area contributed by atoms with Crippen molar-refractivity contribution in [1.82, 2.24) is 36.6 Å². The average Bonchev–Trinajstić information content (AvgIpc) is 3.76. The molecule has 3 aromatic rings. The Balaban J connectivity index is 1.99. The summed E-state index contributed by atoms with van der Waals surface area (Å²) in [6, 6.07) is 6.59. The number of nitrogens with zero attached hydrogens (tertiary/aromatic N) is 1. The Morgan fingerprint density at radius 2 is 1.16 bits per heavy atom. The fourth-order valence-electron chi connectivity index (χ4n) is 5.77. The topological polar surface area (TPSA) is 335 Å². The molecule has 5 amide bonds. The van der Waals surface area contributed by atoms with Gasteiger partial charge in [-0.05, 0) is 49.7 Å². The number of nitrogens with two attached hydrogens (primary N) is 2. The van der Waals surface area contributed by atoms with E-state index in [-0.39, 0.29) is 25.7 Å². The summed E-state index contributed by atoms with van der Waals surface area (Å²) in [6.07, 6.45) is -5.40. The van der Waals surface area contributed by atoms with Gasteiger partial charge in [-0.15, -0.1) is 0 Å². The zero-order valence-electron chi connectivity index (χ0n) is 37.3. The quantitative estimate of drug-likeness (QED) is 0.0426. The molecule has 61 heavy (non-hydrogen) atoms. The summed E-state index contributed by atoms with van der Waals surface area (Å²) in [5.41, 5.74) is 12.7. The molecule has 0 radical (unpaired) electrons. The standard InChI is InChI=1S/C40H55N9O11S/c1-61(59,60)19-17-28(42)35(52)45-30(15-16-34(50)51)37(54)48-32(22-27-23-43-24-44-27)39(56)47-31(20-25-10-4-2-5-11-25)38(55)46-29(14-8-9-18-41)36(53)49-33(40(57)58)21-26-12-6-3-7-13-26/h2-7,10-13,23-24,28-33H,8-9,14-22,41-42H2,1H3,(H,43,44)(H,45,52)(H,46,55)(H,47,56)(H,48,54)(H,49,53)(H,50,51)(H,57,58)/t28-,29+,30-,31-,32-,33-/m0/s1/i8T2,9T2. The molecular weight excluding hydrogens is 815 g/mol. The third kappa shape index (κ3) is 18.3. The van der Waals surface area contributed by atoms with Gasteiger partial charge in [0, 0.05) is 49.3 Å². The molecule has 0 spiro atoms. The van der Waals surface area contributed by atoms with E-state index in [4.69, 9.17) is 17.0 Å². The van der Waals surface area contributed by atoms with Crippen molar-refractivity contribution in [2.75, 3.05) is 18.6 Å². The van der Waals surface area contributed by atoms with Gasteiger partial charge in [0.2, 0.25) is 29.5 Å². The molecule has 0 saturated heterocycles. The molecule has 332 valence electrons. The summed E-state index contributed by atoms with van der Waals surface area (Å²) in [4.78, 5) is 99.7. The summed E-state index contributed by atoms with van der Waals surface area (Å²) >= 11 is 0. The number of H-pyrrole nitrogens is 1. The van der Waals surface area contributed by atoms with E-state index >= 15 is 0 Å². The number of hydrogen-bond acceptors (Lipinski definition) is 12. The molecule has 0 aliphatic heterocycles. The summed E-state index contributed by atoms with van der Waals surface area (Å²) < 4.78 is 56.7. The molecule has 21 heteroatoms. The summed E-state index contributed by atoms with van der Waals surface area (Å²) in [6.45, 7) is -0.832. The Bertz CT molecular complexity index is 2210. The highest BCUT2D eigenvalue weighted by molar-refractivity contribution is 7.90. The SMILES string of the molecule is [3H]C([3H])(CN)C([3H])([3H])C[C@@H](NC(=O)[C@H](Cc1ccccc1)NC(=O)[C@H](Cc1cnc[nH]1)NC(=O)[C@H](CCC(=O)O)NC(=O)[C@@H](N)CCS(C)(=O)=O)C(=O)N[C@@H](Cc1ccccc1)C(=O)O. The molecule has 20 nitrogen and oxygen atoms in total. The minimum atomic E-state index is -3.53. The van der Waals surface area contributed by atoms with Gasteiger partial charge < -0.3 is 53.2 Å². The molecule has 2 aromatic carbocycles. The Labute approximate surface area is 358 Å². The first-order valence-corrected chi connectivity index (χ1v) is 21.1. The highest BCUT2D eigenvalue weighted by Crippen LogP contribution is 2.11. The second-order valence-corrected chi connectivity index (χ2v) is 16.3. The molecule has 6 atom stereocenters. The number of hydrogen-bond donors (Lipinski definition) is 10. The van der Waals surface area contributed by atoms with Gasteiger partial charge >= 0.3 is 11.9 Å². The maximum Gasteiger partial charge on any atom is 0.326 e. The van der Waals surface area contributed by atoms with Gasteiger partial charge in [-0.3, -0.25) is 28.8 Å². The largest absolute Gasteiger partial charge is 0.481 e. The van der Waals surface area contributed by atoms with E-state index in [1.54, 1.807) is 60.7 Å². The molecule has 0 unspecified atom stereocenters. The van der Waals surface area contributed by atoms with Gasteiger partial charge in [0.05, 0.1) is 18.1 Å². The Hall–Kier alpha value is -6.19. The number of carboxylic acid groups (broad SMARTS) is 2. The van der Waals surface area contributed by atoms with E-state index < -0.39 is 132 Å². The van der Waals surface area contributed by atoms with Gasteiger partial charge in [0.25, 0.3) is 0 Å². The molecule has 0 aliphatic rings. The zero-order valence-corrected chi connectivity index (χ0v) is 34.2. The summed E-state index contributed by atoms with van der Waals surface area (Å²) in [5.74, 6) is -8.64. The minimum Gasteiger partial charge on any atom is -0.481 e. The predicted molar refractivity (Wildman–Crippen MR) is 222 cm³/mol. The second kappa shape index (κ2) is 24.8. The first-order chi connectivity index (χ1) is 30.4. The smallest absolute Gasteiger partial charge is 0.326 e. The Morgan fingerprint density at radius 1 is 0.689 bits per heavy atom. The highest BCUT2D eigenvalue weighted by Gasteiger charge is 2.33. The molecule has 0 aliphatic carbocycles. The molecular formula is C40H55N9O11S. The third-order valence-electron chi connectivity index (χ3n) is 9.01. The molecule has 12 N–H and O–H groups in total. The van der Waals surface area contributed by atoms with Crippen LogP contribution >= 0.6 is 0 Å². The Morgan fingerprint density at radius 3 is 1.66 bits per heavy atom. The molecule has 0 fully saturated rings. The minimum absolute atomic E-state index is 0.216. The van der Waals surface area contributed by atoms with Crippen molar-refractivity contribution in [3.05, 3.63) is 90.0 Å². The number of benzene rings is 2. The lowest BCUT2D eigenvalue weighted by molar-refractivity contribution is -0.142. The van der Waals surface area contributed by atoms with Crippen LogP contribution < -0.4 is 38.1 Å². The first kappa shape index (κ1) is 42.9. The van der Waals surface area contributed by atoms with Crippen molar-refractivity contribution in [3.8, 4) is 0 Å². The number of aromatic amines is 1. The lowest BCUT2D eigenvalue weighted by Gasteiger charge is -2.27. The summed E-state index contributed by atoms with van der Waals surface area (Å²) in [5, 5.41) is 31.3. The number of aromatic nitrogens is 2. The number of aliphatic carboxylic acids is 2. The van der Waals surface area contributed by atoms with Gasteiger partial charge in [0.15, 0.2) is 0 Å². The maximum absolute atomic E-state index is 14.3. The normalized spacial score (nSPS) is 15.7. The zero-order chi connectivity index (χ0) is 48.5. The Kier molecular flexibility index (Phi) is 17.4. The van der Waals surface area contributed by atoms with Crippen LogP contribution in [-0.2, 0) is 62.7 Å². The van der Waals surface area contributed by atoms with Crippen molar-refractivity contribution in [1.29, 1.82) is 0 Å². The predicted octanol–water partition coefficient (Wildman–Crippen LogP) is -1.30. The van der Waals surface area contributed by atoms with Crippen LogP contribution in [0.15, 0.2) is 73.2 Å². The third-order valence-corrected chi connectivity index (χ3v) is 9.98. The van der Waals surface area contributed by atoms with E-state index in [0.717, 1.165) is 6.26 Å². The number of carbonyl (C=O) groups is 7. The van der Waals surface area contributed by atoms with Crippen LogP contribution in [0.2, 0.25) is 0 Å². The van der Waals surface area contributed by atoms with E-state index in [1.807, 2.05) is 0 Å². The van der Waals surface area contributed by atoms with Crippen LogP contribution in [0.1, 0.15) is 60.7 Å². The van der Waals surface area contributed by atoms with E-state index in [0.29, 0.717) is 16.8 Å². The highest BCUT2D eigenvalue weighted by atomic mass is 32.2. The number of nitrogens with one attached hydrogen (secondary N) is 6. The van der Waals surface area contributed by atoms with Crippen LogP contribution in [-0.4, -0.2) is 125 Å². The van der Waals surface area contributed by atoms with Crippen molar-refractivity contribution >= 4 is 51.3 Å². The average molecular weight is 878 g/mol. The molecule has 0 bridgehead atoms. The molecule has 0 saturated carbocycles. The van der Waals surface area contributed by atoms with E-state index in [1.165, 1.54) is 12.5 Å². The van der Waals surface area contributed by atoms with Gasteiger partial charge in [0.1, 0.15) is 40.0 Å². The lowest BCUT2D eigenvalue weighted by Crippen LogP contribution is -2.60. The number of carbonyl (C=O) groups excluding carboxylic acids is 5. The number of imidazole rings is 1.